The Morgan fingerprint density at radius 3 is 2.82 bits per heavy atom. The smallest absolute Gasteiger partial charge is 0.328 e. The highest BCUT2D eigenvalue weighted by molar-refractivity contribution is 5.92. The first kappa shape index (κ1) is 18.3. The van der Waals surface area contributed by atoms with Gasteiger partial charge in [0.25, 0.3) is 0 Å². The normalized spacial score (nSPS) is 17.2. The number of likely N-dealkylation sites (tertiary alicyclic amines) is 1. The maximum Gasteiger partial charge on any atom is 0.328 e. The summed E-state index contributed by atoms with van der Waals surface area (Å²) in [5.74, 6) is 0. The van der Waals surface area contributed by atoms with Gasteiger partial charge in [-0.1, -0.05) is 0 Å². The van der Waals surface area contributed by atoms with Crippen molar-refractivity contribution in [3.05, 3.63) is 47.4 Å². The Hall–Kier alpha value is -3.03. The van der Waals surface area contributed by atoms with Crippen molar-refractivity contribution in [3.8, 4) is 0 Å². The molecule has 0 bridgehead atoms. The standard InChI is InChI=1S/C20H26N6O2/c1-23-17-7-6-15(13-18(17)24(2)20(23)28)22-19(27)26-10-4-3-5-16(26)8-11-25-12-9-21-14-25/h6-7,9,12-14,16H,3-5,8,10-11H2,1-2H3,(H,22,27). The number of amides is 2. The number of rotatable bonds is 4. The van der Waals surface area contributed by atoms with E-state index in [1.54, 1.807) is 29.4 Å². The molecule has 1 aliphatic heterocycles. The Kier molecular flexibility index (Phi) is 4.93. The third kappa shape index (κ3) is 3.42. The second-order valence-corrected chi connectivity index (χ2v) is 7.47. The molecule has 2 amide bonds. The molecule has 1 fully saturated rings. The summed E-state index contributed by atoms with van der Waals surface area (Å²) >= 11 is 0. The molecule has 0 aliphatic carbocycles. The van der Waals surface area contributed by atoms with Crippen LogP contribution in [0.5, 0.6) is 0 Å². The van der Waals surface area contributed by atoms with Gasteiger partial charge in [-0.2, -0.15) is 0 Å². The maximum absolute atomic E-state index is 13.0. The number of carbonyl (C=O) groups is 1. The number of hydrogen-bond acceptors (Lipinski definition) is 3. The van der Waals surface area contributed by atoms with E-state index >= 15 is 0 Å². The highest BCUT2D eigenvalue weighted by Crippen LogP contribution is 2.23. The highest BCUT2D eigenvalue weighted by Gasteiger charge is 2.26. The number of aryl methyl sites for hydroxylation is 3. The lowest BCUT2D eigenvalue weighted by molar-refractivity contribution is 0.155. The fraction of sp³-hybridized carbons (Fsp3) is 0.450. The van der Waals surface area contributed by atoms with Crippen LogP contribution in [0.15, 0.2) is 41.7 Å². The van der Waals surface area contributed by atoms with Gasteiger partial charge in [0.05, 0.1) is 17.4 Å². The zero-order valence-electron chi connectivity index (χ0n) is 16.3. The van der Waals surface area contributed by atoms with Crippen LogP contribution in [-0.4, -0.2) is 42.2 Å². The summed E-state index contributed by atoms with van der Waals surface area (Å²) in [5.41, 5.74) is 2.29. The van der Waals surface area contributed by atoms with Crippen molar-refractivity contribution in [2.75, 3.05) is 11.9 Å². The Bertz CT molecular complexity index is 1030. The third-order valence-electron chi connectivity index (χ3n) is 5.69. The number of aromatic nitrogens is 4. The van der Waals surface area contributed by atoms with E-state index in [-0.39, 0.29) is 17.8 Å². The van der Waals surface area contributed by atoms with E-state index in [1.807, 2.05) is 35.6 Å². The Morgan fingerprint density at radius 2 is 2.04 bits per heavy atom. The lowest BCUT2D eigenvalue weighted by Crippen LogP contribution is -2.46. The fourth-order valence-electron chi connectivity index (χ4n) is 4.06. The van der Waals surface area contributed by atoms with Crippen molar-refractivity contribution in [3.63, 3.8) is 0 Å². The second-order valence-electron chi connectivity index (χ2n) is 7.47. The summed E-state index contributed by atoms with van der Waals surface area (Å²) < 4.78 is 5.26. The van der Waals surface area contributed by atoms with Gasteiger partial charge in [-0.3, -0.25) is 9.13 Å². The molecule has 2 aromatic heterocycles. The number of hydrogen-bond donors (Lipinski definition) is 1. The van der Waals surface area contributed by atoms with E-state index in [2.05, 4.69) is 14.9 Å². The summed E-state index contributed by atoms with van der Waals surface area (Å²) in [6.45, 7) is 1.62. The average molecular weight is 382 g/mol. The molecule has 1 N–H and O–H groups in total. The first-order chi connectivity index (χ1) is 13.5. The number of benzene rings is 1. The minimum atomic E-state index is -0.0749. The SMILES string of the molecule is Cn1c(=O)n(C)c2cc(NC(=O)N3CCCCC3CCn3ccnc3)ccc21. The number of imidazole rings is 2. The van der Waals surface area contributed by atoms with Crippen LogP contribution in [0.2, 0.25) is 0 Å². The summed E-state index contributed by atoms with van der Waals surface area (Å²) in [6, 6.07) is 5.74. The van der Waals surface area contributed by atoms with E-state index in [0.717, 1.165) is 49.8 Å². The van der Waals surface area contributed by atoms with E-state index in [4.69, 9.17) is 0 Å². The first-order valence-corrected chi connectivity index (χ1v) is 9.73. The van der Waals surface area contributed by atoms with Crippen molar-refractivity contribution in [2.45, 2.75) is 38.3 Å². The number of anilines is 1. The summed E-state index contributed by atoms with van der Waals surface area (Å²) in [7, 11) is 3.49. The second kappa shape index (κ2) is 7.53. The highest BCUT2D eigenvalue weighted by atomic mass is 16.2. The van der Waals surface area contributed by atoms with E-state index in [0.29, 0.717) is 5.69 Å². The van der Waals surface area contributed by atoms with Gasteiger partial charge >= 0.3 is 11.7 Å². The number of nitrogens with one attached hydrogen (secondary N) is 1. The quantitative estimate of drug-likeness (QED) is 0.753. The van der Waals surface area contributed by atoms with Crippen LogP contribution in [0.3, 0.4) is 0 Å². The number of fused-ring (bicyclic) bond motifs is 1. The van der Waals surface area contributed by atoms with Gasteiger partial charge in [-0.05, 0) is 43.9 Å². The van der Waals surface area contributed by atoms with E-state index in [1.165, 1.54) is 0 Å². The molecule has 3 aromatic rings. The van der Waals surface area contributed by atoms with Crippen LogP contribution in [0.25, 0.3) is 11.0 Å². The van der Waals surface area contributed by atoms with Crippen molar-refractivity contribution in [1.82, 2.24) is 23.6 Å². The summed E-state index contributed by atoms with van der Waals surface area (Å²) in [4.78, 5) is 31.1. The van der Waals surface area contributed by atoms with Crippen molar-refractivity contribution < 1.29 is 4.79 Å². The summed E-state index contributed by atoms with van der Waals surface area (Å²) in [6.07, 6.45) is 9.65. The molecule has 28 heavy (non-hydrogen) atoms. The van der Waals surface area contributed by atoms with Gasteiger partial charge in [0.15, 0.2) is 0 Å². The van der Waals surface area contributed by atoms with Crippen LogP contribution in [0, 0.1) is 0 Å². The Morgan fingerprint density at radius 1 is 1.21 bits per heavy atom. The van der Waals surface area contributed by atoms with Gasteiger partial charge in [-0.25, -0.2) is 14.6 Å². The largest absolute Gasteiger partial charge is 0.337 e. The van der Waals surface area contributed by atoms with Crippen molar-refractivity contribution in [1.29, 1.82) is 0 Å². The molecule has 0 spiro atoms. The van der Waals surface area contributed by atoms with Crippen LogP contribution >= 0.6 is 0 Å². The van der Waals surface area contributed by atoms with E-state index in [9.17, 15) is 9.59 Å². The molecule has 1 unspecified atom stereocenters. The molecule has 0 radical (unpaired) electrons. The number of piperidine rings is 1. The number of carbonyl (C=O) groups excluding carboxylic acids is 1. The Balaban J connectivity index is 1.48. The molecule has 1 aromatic carbocycles. The van der Waals surface area contributed by atoms with Crippen LogP contribution < -0.4 is 11.0 Å². The van der Waals surface area contributed by atoms with Crippen LogP contribution in [0.1, 0.15) is 25.7 Å². The number of urea groups is 1. The minimum Gasteiger partial charge on any atom is -0.337 e. The molecule has 148 valence electrons. The lowest BCUT2D eigenvalue weighted by Gasteiger charge is -2.36. The third-order valence-corrected chi connectivity index (χ3v) is 5.69. The molecule has 8 heteroatoms. The van der Waals surface area contributed by atoms with Gasteiger partial charge in [0.1, 0.15) is 0 Å². The van der Waals surface area contributed by atoms with Crippen molar-refractivity contribution >= 4 is 22.8 Å². The monoisotopic (exact) mass is 382 g/mol. The van der Waals surface area contributed by atoms with E-state index < -0.39 is 0 Å². The molecular weight excluding hydrogens is 356 g/mol. The molecule has 8 nitrogen and oxygen atoms in total. The predicted molar refractivity (Wildman–Crippen MR) is 108 cm³/mol. The van der Waals surface area contributed by atoms with Crippen molar-refractivity contribution in [2.24, 2.45) is 14.1 Å². The zero-order valence-corrected chi connectivity index (χ0v) is 16.3. The van der Waals surface area contributed by atoms with Gasteiger partial charge < -0.3 is 14.8 Å². The molecule has 1 aliphatic rings. The topological polar surface area (TPSA) is 77.1 Å². The van der Waals surface area contributed by atoms with Crippen LogP contribution in [-0.2, 0) is 20.6 Å². The van der Waals surface area contributed by atoms with Gasteiger partial charge in [0, 0.05) is 51.3 Å². The predicted octanol–water partition coefficient (Wildman–Crippen LogP) is 2.55. The minimum absolute atomic E-state index is 0.0735. The zero-order chi connectivity index (χ0) is 19.7. The lowest BCUT2D eigenvalue weighted by atomic mass is 9.99. The number of nitrogens with zero attached hydrogens (tertiary/aromatic N) is 5. The molecule has 3 heterocycles. The first-order valence-electron chi connectivity index (χ1n) is 9.73. The molecule has 0 saturated carbocycles. The van der Waals surface area contributed by atoms with Gasteiger partial charge in [0.2, 0.25) is 0 Å². The molecule has 4 rings (SSSR count). The molecule has 1 atom stereocenters. The van der Waals surface area contributed by atoms with Gasteiger partial charge in [-0.15, -0.1) is 0 Å². The Labute approximate surface area is 163 Å². The maximum atomic E-state index is 13.0. The average Bonchev–Trinajstić information content (AvgIpc) is 3.30. The summed E-state index contributed by atoms with van der Waals surface area (Å²) in [5, 5.41) is 3.03. The fourth-order valence-corrected chi connectivity index (χ4v) is 4.06. The molecular formula is C20H26N6O2. The molecule has 1 saturated heterocycles. The van der Waals surface area contributed by atoms with Crippen LogP contribution in [0.4, 0.5) is 10.5 Å².